The van der Waals surface area contributed by atoms with Crippen LogP contribution in [0.25, 0.3) is 0 Å². The van der Waals surface area contributed by atoms with E-state index >= 15 is 0 Å². The monoisotopic (exact) mass is 412 g/mol. The van der Waals surface area contributed by atoms with E-state index in [0.29, 0.717) is 22.6 Å². The fourth-order valence-electron chi connectivity index (χ4n) is 3.62. The Morgan fingerprint density at radius 3 is 2.50 bits per heavy atom. The number of benzene rings is 1. The van der Waals surface area contributed by atoms with E-state index in [1.54, 1.807) is 18.2 Å². The maximum Gasteiger partial charge on any atom is 0.325 e. The van der Waals surface area contributed by atoms with Crippen LogP contribution in [0.1, 0.15) is 25.7 Å². The largest absolute Gasteiger partial charge is 0.491 e. The lowest BCUT2D eigenvalue weighted by atomic mass is 9.87. The Kier molecular flexibility index (Phi) is 4.00. The molecule has 2 saturated carbocycles. The molecule has 0 aromatic heterocycles. The molecule has 3 aliphatic rings. The van der Waals surface area contributed by atoms with Crippen molar-refractivity contribution in [3.8, 4) is 5.75 Å². The summed E-state index contributed by atoms with van der Waals surface area (Å²) in [4.78, 5) is 26.6. The van der Waals surface area contributed by atoms with Crippen LogP contribution in [-0.4, -0.2) is 35.5 Å². The molecule has 0 spiro atoms. The number of carbonyl (C=O) groups excluding carboxylic acids is 2. The standard InChI is InChI=1S/C17H18BrClN2O3/c18-13-9-12(19)5-6-14(13)24-8-7-21-15(22)17(10-1-2-10,11-3-4-11)20-16(21)23/h5-6,9-11H,1-4,7-8H2,(H,20,23). The van der Waals surface area contributed by atoms with Crippen LogP contribution < -0.4 is 10.1 Å². The lowest BCUT2D eigenvalue weighted by Gasteiger charge is -2.26. The lowest BCUT2D eigenvalue weighted by molar-refractivity contribution is -0.133. The molecule has 7 heteroatoms. The van der Waals surface area contributed by atoms with Gasteiger partial charge < -0.3 is 10.1 Å². The number of ether oxygens (including phenoxy) is 1. The fourth-order valence-corrected chi connectivity index (χ4v) is 4.42. The zero-order chi connectivity index (χ0) is 16.9. The van der Waals surface area contributed by atoms with Crippen LogP contribution in [0.4, 0.5) is 4.79 Å². The molecule has 1 N–H and O–H groups in total. The molecule has 3 fully saturated rings. The van der Waals surface area contributed by atoms with E-state index in [0.717, 1.165) is 30.2 Å². The predicted molar refractivity (Wildman–Crippen MR) is 93.1 cm³/mol. The second-order valence-electron chi connectivity index (χ2n) is 6.73. The van der Waals surface area contributed by atoms with E-state index in [4.69, 9.17) is 16.3 Å². The average molecular weight is 414 g/mol. The number of rotatable bonds is 6. The van der Waals surface area contributed by atoms with Crippen LogP contribution in [0.5, 0.6) is 5.75 Å². The van der Waals surface area contributed by atoms with E-state index in [1.807, 2.05) is 0 Å². The Labute approximate surface area is 153 Å². The lowest BCUT2D eigenvalue weighted by Crippen LogP contribution is -2.51. The molecule has 2 aliphatic carbocycles. The van der Waals surface area contributed by atoms with Gasteiger partial charge in [0.2, 0.25) is 0 Å². The molecule has 0 atom stereocenters. The fraction of sp³-hybridized carbons (Fsp3) is 0.529. The zero-order valence-corrected chi connectivity index (χ0v) is 15.4. The average Bonchev–Trinajstić information content (AvgIpc) is 3.43. The quantitative estimate of drug-likeness (QED) is 0.725. The SMILES string of the molecule is O=C1NC(C2CC2)(C2CC2)C(=O)N1CCOc1ccc(Cl)cc1Br. The molecular weight excluding hydrogens is 396 g/mol. The minimum absolute atomic E-state index is 0.0590. The van der Waals surface area contributed by atoms with Crippen LogP contribution in [0, 0.1) is 11.8 Å². The van der Waals surface area contributed by atoms with Crippen LogP contribution in [-0.2, 0) is 4.79 Å². The van der Waals surface area contributed by atoms with E-state index in [2.05, 4.69) is 21.2 Å². The van der Waals surface area contributed by atoms with Crippen molar-refractivity contribution < 1.29 is 14.3 Å². The molecule has 5 nitrogen and oxygen atoms in total. The summed E-state index contributed by atoms with van der Waals surface area (Å²) in [6, 6.07) is 4.96. The molecule has 0 bridgehead atoms. The molecular formula is C17H18BrClN2O3. The van der Waals surface area contributed by atoms with Crippen molar-refractivity contribution in [1.82, 2.24) is 10.2 Å². The first-order valence-corrected chi connectivity index (χ1v) is 9.41. The number of nitrogens with one attached hydrogen (secondary N) is 1. The molecule has 1 aromatic carbocycles. The van der Waals surface area contributed by atoms with Crippen molar-refractivity contribution in [2.75, 3.05) is 13.2 Å². The molecule has 1 heterocycles. The number of carbonyl (C=O) groups is 2. The highest BCUT2D eigenvalue weighted by Gasteiger charge is 2.65. The molecule has 128 valence electrons. The second kappa shape index (κ2) is 5.92. The smallest absolute Gasteiger partial charge is 0.325 e. The number of halogens is 2. The van der Waals surface area contributed by atoms with E-state index < -0.39 is 5.54 Å². The summed E-state index contributed by atoms with van der Waals surface area (Å²) in [5.41, 5.74) is -0.627. The maximum absolute atomic E-state index is 12.9. The predicted octanol–water partition coefficient (Wildman–Crippen LogP) is 3.59. The van der Waals surface area contributed by atoms with Crippen LogP contribution in [0.15, 0.2) is 22.7 Å². The van der Waals surface area contributed by atoms with Crippen molar-refractivity contribution in [1.29, 1.82) is 0 Å². The summed E-state index contributed by atoms with van der Waals surface area (Å²) in [5, 5.41) is 3.63. The summed E-state index contributed by atoms with van der Waals surface area (Å²) in [5.74, 6) is 1.22. The molecule has 24 heavy (non-hydrogen) atoms. The number of nitrogens with zero attached hydrogens (tertiary/aromatic N) is 1. The summed E-state index contributed by atoms with van der Waals surface area (Å²) >= 11 is 9.29. The minimum atomic E-state index is -0.627. The van der Waals surface area contributed by atoms with Crippen molar-refractivity contribution in [2.24, 2.45) is 11.8 Å². The summed E-state index contributed by atoms with van der Waals surface area (Å²) < 4.78 is 6.44. The highest BCUT2D eigenvalue weighted by molar-refractivity contribution is 9.10. The normalized spacial score (nSPS) is 22.7. The van der Waals surface area contributed by atoms with E-state index in [-0.39, 0.29) is 25.1 Å². The van der Waals surface area contributed by atoms with Gasteiger partial charge in [-0.15, -0.1) is 0 Å². The number of hydrogen-bond acceptors (Lipinski definition) is 3. The first kappa shape index (κ1) is 16.2. The summed E-state index contributed by atoms with van der Waals surface area (Å²) in [6.45, 7) is 0.506. The number of urea groups is 1. The van der Waals surface area contributed by atoms with E-state index in [1.165, 1.54) is 4.90 Å². The summed E-state index contributed by atoms with van der Waals surface area (Å²) in [6.07, 6.45) is 4.13. The van der Waals surface area contributed by atoms with Crippen molar-refractivity contribution in [3.05, 3.63) is 27.7 Å². The Balaban J connectivity index is 1.41. The van der Waals surface area contributed by atoms with Crippen molar-refractivity contribution in [3.63, 3.8) is 0 Å². The Hall–Kier alpha value is -1.27. The third kappa shape index (κ3) is 2.69. The van der Waals surface area contributed by atoms with Gasteiger partial charge in [-0.05, 0) is 71.6 Å². The summed E-state index contributed by atoms with van der Waals surface area (Å²) in [7, 11) is 0. The molecule has 1 aromatic rings. The van der Waals surface area contributed by atoms with Gasteiger partial charge in [-0.2, -0.15) is 0 Å². The molecule has 4 rings (SSSR count). The molecule has 3 amide bonds. The molecule has 0 radical (unpaired) electrons. The number of imide groups is 1. The van der Waals surface area contributed by atoms with Gasteiger partial charge in [-0.25, -0.2) is 4.79 Å². The van der Waals surface area contributed by atoms with Gasteiger partial charge in [0.25, 0.3) is 5.91 Å². The highest BCUT2D eigenvalue weighted by Crippen LogP contribution is 2.54. The number of hydrogen-bond donors (Lipinski definition) is 1. The van der Waals surface area contributed by atoms with Gasteiger partial charge >= 0.3 is 6.03 Å². The van der Waals surface area contributed by atoms with Crippen molar-refractivity contribution in [2.45, 2.75) is 31.2 Å². The first-order valence-electron chi connectivity index (χ1n) is 8.24. The van der Waals surface area contributed by atoms with E-state index in [9.17, 15) is 9.59 Å². The molecule has 1 aliphatic heterocycles. The third-order valence-electron chi connectivity index (χ3n) is 5.07. The number of amides is 3. The Morgan fingerprint density at radius 2 is 1.92 bits per heavy atom. The highest BCUT2D eigenvalue weighted by atomic mass is 79.9. The maximum atomic E-state index is 12.9. The van der Waals surface area contributed by atoms with Crippen LogP contribution >= 0.6 is 27.5 Å². The van der Waals surface area contributed by atoms with Gasteiger partial charge in [0.05, 0.1) is 11.0 Å². The topological polar surface area (TPSA) is 58.6 Å². The molecule has 1 saturated heterocycles. The zero-order valence-electron chi connectivity index (χ0n) is 13.1. The van der Waals surface area contributed by atoms with Crippen LogP contribution in [0.2, 0.25) is 5.02 Å². The Morgan fingerprint density at radius 1 is 1.25 bits per heavy atom. The van der Waals surface area contributed by atoms with Gasteiger partial charge in [-0.3, -0.25) is 9.69 Å². The van der Waals surface area contributed by atoms with Crippen LogP contribution in [0.3, 0.4) is 0 Å². The Bertz CT molecular complexity index is 691. The van der Waals surface area contributed by atoms with Gasteiger partial charge in [0.1, 0.15) is 17.9 Å². The van der Waals surface area contributed by atoms with Gasteiger partial charge in [-0.1, -0.05) is 11.6 Å². The van der Waals surface area contributed by atoms with Gasteiger partial charge in [0.15, 0.2) is 0 Å². The minimum Gasteiger partial charge on any atom is -0.491 e. The van der Waals surface area contributed by atoms with Gasteiger partial charge in [0, 0.05) is 5.02 Å². The third-order valence-corrected chi connectivity index (χ3v) is 5.92. The molecule has 0 unspecified atom stereocenters. The van der Waals surface area contributed by atoms with Crippen molar-refractivity contribution >= 4 is 39.5 Å². The first-order chi connectivity index (χ1) is 11.5. The second-order valence-corrected chi connectivity index (χ2v) is 8.02.